The van der Waals surface area contributed by atoms with Gasteiger partial charge < -0.3 is 9.80 Å². The van der Waals surface area contributed by atoms with E-state index in [2.05, 4.69) is 296 Å². The Morgan fingerprint density at radius 2 is 0.545 bits per heavy atom. The number of rotatable bonds is 10. The van der Waals surface area contributed by atoms with E-state index < -0.39 is 0 Å². The van der Waals surface area contributed by atoms with E-state index in [1.165, 1.54) is 121 Å². The molecule has 2 aliphatic carbocycles. The van der Waals surface area contributed by atoms with Crippen LogP contribution >= 0.6 is 11.3 Å². The predicted octanol–water partition coefficient (Wildman–Crippen LogP) is 21.2. The third-order valence-electron chi connectivity index (χ3n) is 16.5. The summed E-state index contributed by atoms with van der Waals surface area (Å²) >= 11 is 1.87. The van der Waals surface area contributed by atoms with Crippen LogP contribution in [0.15, 0.2) is 206 Å². The van der Waals surface area contributed by atoms with Gasteiger partial charge in [-0.25, -0.2) is 0 Å². The molecule has 0 N–H and O–H groups in total. The van der Waals surface area contributed by atoms with Crippen LogP contribution in [0.5, 0.6) is 0 Å². The van der Waals surface area contributed by atoms with Crippen molar-refractivity contribution in [2.75, 3.05) is 9.80 Å². The Morgan fingerprint density at radius 3 is 0.870 bits per heavy atom. The molecule has 10 aromatic carbocycles. The van der Waals surface area contributed by atoms with Gasteiger partial charge in [-0.1, -0.05) is 183 Å². The van der Waals surface area contributed by atoms with Gasteiger partial charge >= 0.3 is 0 Å². The maximum Gasteiger partial charge on any atom is 0.0465 e. The van der Waals surface area contributed by atoms with Crippen LogP contribution in [0.3, 0.4) is 0 Å². The molecule has 0 fully saturated rings. The molecule has 3 heteroatoms. The van der Waals surface area contributed by atoms with E-state index >= 15 is 0 Å². The summed E-state index contributed by atoms with van der Waals surface area (Å²) in [5, 5.41) is 2.60. The summed E-state index contributed by atoms with van der Waals surface area (Å²) < 4.78 is 2.62. The van der Waals surface area contributed by atoms with Gasteiger partial charge in [0.15, 0.2) is 0 Å². The molecule has 0 saturated carbocycles. The Labute approximate surface area is 458 Å². The zero-order valence-electron chi connectivity index (χ0n) is 45.2. The maximum atomic E-state index is 2.42. The first-order chi connectivity index (χ1) is 37.2. The summed E-state index contributed by atoms with van der Waals surface area (Å²) in [5.41, 5.74) is 27.2. The van der Waals surface area contributed by atoms with E-state index in [0.717, 1.165) is 22.7 Å². The molecule has 0 saturated heterocycles. The molecule has 374 valence electrons. The fourth-order valence-corrected chi connectivity index (χ4v) is 13.1. The van der Waals surface area contributed by atoms with Gasteiger partial charge in [0.25, 0.3) is 0 Å². The third-order valence-corrected chi connectivity index (χ3v) is 17.7. The Hall–Kier alpha value is -8.50. The highest BCUT2D eigenvalue weighted by Gasteiger charge is 2.37. The second-order valence-electron chi connectivity index (χ2n) is 22.6. The number of anilines is 6. The van der Waals surface area contributed by atoms with Crippen LogP contribution in [0.25, 0.3) is 66.7 Å². The number of aryl methyl sites for hydroxylation is 4. The molecule has 0 atom stereocenters. The number of fused-ring (bicyclic) bond motifs is 9. The molecule has 0 amide bonds. The largest absolute Gasteiger partial charge is 0.310 e. The van der Waals surface area contributed by atoms with Gasteiger partial charge in [0, 0.05) is 65.1 Å². The lowest BCUT2D eigenvalue weighted by Gasteiger charge is -2.28. The SMILES string of the molecule is Cc1ccc(N(c2ccc(C)cc2)c2ccc3c(c2)C(C)(C)c2cc(/C=C/c4ccc5sc6ccc(/C=C/c7ccc8c(c7)C(C)(C)c7cc(N(c9ccc(C)cc9)c9ccc(C)cc9)ccc7-8)cc6c5c4)ccc2-3)cc1. The molecule has 1 aromatic heterocycles. The van der Waals surface area contributed by atoms with Crippen molar-refractivity contribution in [3.8, 4) is 22.3 Å². The lowest BCUT2D eigenvalue weighted by Crippen LogP contribution is -2.16. The van der Waals surface area contributed by atoms with Crippen LogP contribution < -0.4 is 9.80 Å². The molecule has 0 aliphatic heterocycles. The fraction of sp³-hybridized carbons (Fsp3) is 0.135. The highest BCUT2D eigenvalue weighted by atomic mass is 32.1. The first-order valence-corrected chi connectivity index (χ1v) is 27.9. The fourth-order valence-electron chi connectivity index (χ4n) is 12.0. The zero-order chi connectivity index (χ0) is 52.7. The number of hydrogen-bond donors (Lipinski definition) is 0. The van der Waals surface area contributed by atoms with Crippen LogP contribution in [-0.2, 0) is 10.8 Å². The summed E-state index contributed by atoms with van der Waals surface area (Å²) in [4.78, 5) is 4.77. The van der Waals surface area contributed by atoms with Crippen LogP contribution in [-0.4, -0.2) is 0 Å². The van der Waals surface area contributed by atoms with E-state index in [1.807, 2.05) is 11.3 Å². The third kappa shape index (κ3) is 8.60. The molecule has 77 heavy (non-hydrogen) atoms. The number of thiophene rings is 1. The van der Waals surface area contributed by atoms with Crippen LogP contribution in [0, 0.1) is 27.7 Å². The molecule has 13 rings (SSSR count). The average molecular weight is 1010 g/mol. The standard InChI is InChI=1S/C74H62N2S/c1-47-9-25-55(26-10-47)75(56-27-11-48(2)12-28-56)59-33-37-63-61-35-21-53(43-67(61)73(5,6)69(63)45-59)19-17-51-23-39-71-65(41-51)66-42-52(24-40-72(66)77-71)18-20-54-22-36-62-64-38-34-60(46-70(64)74(7,8)68(62)44-54)76(57-29-13-49(3)14-30-57)58-31-15-50(4)16-32-58/h9-46H,1-8H3/b19-17+,20-18+. The molecular weight excluding hydrogens is 949 g/mol. The van der Waals surface area contributed by atoms with Crippen molar-refractivity contribution in [3.63, 3.8) is 0 Å². The number of benzene rings is 10. The highest BCUT2D eigenvalue weighted by molar-refractivity contribution is 7.25. The highest BCUT2D eigenvalue weighted by Crippen LogP contribution is 2.53. The van der Waals surface area contributed by atoms with Gasteiger partial charge in [0.05, 0.1) is 0 Å². The molecular formula is C74H62N2S. The Bertz CT molecular complexity index is 3800. The van der Waals surface area contributed by atoms with E-state index in [1.54, 1.807) is 0 Å². The van der Waals surface area contributed by atoms with Crippen molar-refractivity contribution in [2.24, 2.45) is 0 Å². The summed E-state index contributed by atoms with van der Waals surface area (Å²) in [6.07, 6.45) is 9.13. The molecule has 0 bridgehead atoms. The lowest BCUT2D eigenvalue weighted by atomic mass is 9.81. The van der Waals surface area contributed by atoms with Crippen molar-refractivity contribution < 1.29 is 0 Å². The van der Waals surface area contributed by atoms with Gasteiger partial charge in [-0.2, -0.15) is 0 Å². The lowest BCUT2D eigenvalue weighted by molar-refractivity contribution is 0.660. The van der Waals surface area contributed by atoms with Gasteiger partial charge in [0.2, 0.25) is 0 Å². The summed E-state index contributed by atoms with van der Waals surface area (Å²) in [7, 11) is 0. The van der Waals surface area contributed by atoms with Crippen LogP contribution in [0.2, 0.25) is 0 Å². The Balaban J connectivity index is 0.749. The molecule has 11 aromatic rings. The van der Waals surface area contributed by atoms with E-state index in [4.69, 9.17) is 0 Å². The first-order valence-electron chi connectivity index (χ1n) is 27.0. The average Bonchev–Trinajstić information content (AvgIpc) is 4.15. The minimum atomic E-state index is -0.168. The summed E-state index contributed by atoms with van der Waals surface area (Å²) in [6.45, 7) is 18.1. The van der Waals surface area contributed by atoms with Gasteiger partial charge in [-0.15, -0.1) is 11.3 Å². The van der Waals surface area contributed by atoms with Gasteiger partial charge in [0.1, 0.15) is 0 Å². The topological polar surface area (TPSA) is 6.48 Å². The predicted molar refractivity (Wildman–Crippen MR) is 334 cm³/mol. The maximum absolute atomic E-state index is 2.42. The van der Waals surface area contributed by atoms with E-state index in [0.29, 0.717) is 0 Å². The van der Waals surface area contributed by atoms with E-state index in [-0.39, 0.29) is 10.8 Å². The molecule has 0 unspecified atom stereocenters. The molecule has 0 radical (unpaired) electrons. The van der Waals surface area contributed by atoms with Gasteiger partial charge in [-0.3, -0.25) is 0 Å². The van der Waals surface area contributed by atoms with Crippen molar-refractivity contribution in [1.82, 2.24) is 0 Å². The Kier molecular flexibility index (Phi) is 11.7. The van der Waals surface area contributed by atoms with Crippen LogP contribution in [0.4, 0.5) is 34.1 Å². The van der Waals surface area contributed by atoms with Crippen molar-refractivity contribution in [3.05, 3.63) is 273 Å². The van der Waals surface area contributed by atoms with Gasteiger partial charge in [-0.05, 0) is 192 Å². The second-order valence-corrected chi connectivity index (χ2v) is 23.7. The van der Waals surface area contributed by atoms with Crippen molar-refractivity contribution >= 4 is 89.9 Å². The molecule has 1 heterocycles. The summed E-state index contributed by atoms with van der Waals surface area (Å²) in [6, 6.07) is 77.4. The first kappa shape index (κ1) is 48.2. The Morgan fingerprint density at radius 1 is 0.286 bits per heavy atom. The molecule has 0 spiro atoms. The van der Waals surface area contributed by atoms with Crippen molar-refractivity contribution in [1.29, 1.82) is 0 Å². The smallest absolute Gasteiger partial charge is 0.0465 e. The van der Waals surface area contributed by atoms with Crippen molar-refractivity contribution in [2.45, 2.75) is 66.2 Å². The molecule has 2 nitrogen and oxygen atoms in total. The van der Waals surface area contributed by atoms with E-state index in [9.17, 15) is 0 Å². The minimum absolute atomic E-state index is 0.168. The quantitative estimate of drug-likeness (QED) is 0.126. The molecule has 2 aliphatic rings. The zero-order valence-corrected chi connectivity index (χ0v) is 46.1. The summed E-state index contributed by atoms with van der Waals surface area (Å²) in [5.74, 6) is 0. The normalized spacial score (nSPS) is 13.8. The second kappa shape index (κ2) is 18.7. The monoisotopic (exact) mass is 1010 g/mol. The minimum Gasteiger partial charge on any atom is -0.310 e. The van der Waals surface area contributed by atoms with Crippen LogP contribution in [0.1, 0.15) is 94.5 Å². The number of nitrogens with zero attached hydrogens (tertiary/aromatic N) is 2. The number of hydrogen-bond acceptors (Lipinski definition) is 3.